The Hall–Kier alpha value is -5.61. The Kier molecular flexibility index (Phi) is 11.3. The first-order valence-corrected chi connectivity index (χ1v) is 16.8. The number of aromatic nitrogens is 2. The van der Waals surface area contributed by atoms with E-state index in [0.29, 0.717) is 38.2 Å². The Morgan fingerprint density at radius 1 is 0.745 bits per heavy atom. The van der Waals surface area contributed by atoms with Crippen molar-refractivity contribution >= 4 is 17.9 Å². The van der Waals surface area contributed by atoms with E-state index in [4.69, 9.17) is 0 Å². The summed E-state index contributed by atoms with van der Waals surface area (Å²) in [5, 5.41) is 0. The van der Waals surface area contributed by atoms with Crippen LogP contribution in [0.5, 0.6) is 0 Å². The lowest BCUT2D eigenvalue weighted by Crippen LogP contribution is -2.56. The second kappa shape index (κ2) is 16.4. The maximum atomic E-state index is 14.5. The first-order valence-electron chi connectivity index (χ1n) is 16.8. The van der Waals surface area contributed by atoms with Crippen molar-refractivity contribution in [3.8, 4) is 11.3 Å². The zero-order valence-electron chi connectivity index (χ0n) is 28.0. The van der Waals surface area contributed by atoms with Crippen LogP contribution in [0.4, 0.5) is 13.2 Å². The van der Waals surface area contributed by atoms with Gasteiger partial charge in [0.05, 0.1) is 11.3 Å². The second-order valence-corrected chi connectivity index (χ2v) is 12.5. The first kappa shape index (κ1) is 35.2. The summed E-state index contributed by atoms with van der Waals surface area (Å²) in [5.74, 6) is -0.571. The molecule has 7 nitrogen and oxygen atoms in total. The number of benzene rings is 3. The average molecular weight is 690 g/mol. The van der Waals surface area contributed by atoms with Crippen molar-refractivity contribution in [3.05, 3.63) is 162 Å². The summed E-state index contributed by atoms with van der Waals surface area (Å²) >= 11 is 0. The number of carbonyl (C=O) groups excluding carboxylic acids is 2. The van der Waals surface area contributed by atoms with Crippen molar-refractivity contribution in [2.24, 2.45) is 0 Å². The van der Waals surface area contributed by atoms with Gasteiger partial charge < -0.3 is 9.80 Å². The van der Waals surface area contributed by atoms with Crippen molar-refractivity contribution in [2.75, 3.05) is 26.2 Å². The second-order valence-electron chi connectivity index (χ2n) is 12.5. The minimum Gasteiger partial charge on any atom is -0.338 e. The zero-order valence-corrected chi connectivity index (χ0v) is 28.0. The van der Waals surface area contributed by atoms with Crippen molar-refractivity contribution < 1.29 is 22.8 Å². The molecule has 0 radical (unpaired) electrons. The summed E-state index contributed by atoms with van der Waals surface area (Å²) in [4.78, 5) is 42.9. The molecule has 1 atom stereocenters. The van der Waals surface area contributed by atoms with E-state index in [1.54, 1.807) is 23.5 Å². The highest BCUT2D eigenvalue weighted by atomic mass is 19.4. The number of carbonyl (C=O) groups is 2. The summed E-state index contributed by atoms with van der Waals surface area (Å²) < 4.78 is 39.5. The Balaban J connectivity index is 1.28. The highest BCUT2D eigenvalue weighted by molar-refractivity contribution is 5.95. The van der Waals surface area contributed by atoms with Crippen LogP contribution in [0.25, 0.3) is 17.3 Å². The maximum Gasteiger partial charge on any atom is 0.416 e. The predicted octanol–water partition coefficient (Wildman–Crippen LogP) is 7.16. The van der Waals surface area contributed by atoms with E-state index in [9.17, 15) is 22.8 Å². The summed E-state index contributed by atoms with van der Waals surface area (Å²) in [6, 6.07) is 30.8. The van der Waals surface area contributed by atoms with Gasteiger partial charge in [-0.05, 0) is 64.7 Å². The third kappa shape index (κ3) is 9.55. The number of rotatable bonds is 11. The Morgan fingerprint density at radius 3 is 2.08 bits per heavy atom. The summed E-state index contributed by atoms with van der Waals surface area (Å²) in [6.45, 7) is 3.29. The molecule has 6 rings (SSSR count). The average Bonchev–Trinajstić information content (AvgIpc) is 3.16. The van der Waals surface area contributed by atoms with Gasteiger partial charge in [-0.2, -0.15) is 13.2 Å². The van der Waals surface area contributed by atoms with E-state index in [1.165, 1.54) is 24.3 Å². The fourth-order valence-electron chi connectivity index (χ4n) is 6.15. The molecule has 1 saturated heterocycles. The van der Waals surface area contributed by atoms with Crippen LogP contribution in [0.1, 0.15) is 27.8 Å². The summed E-state index contributed by atoms with van der Waals surface area (Å²) in [5.41, 5.74) is 4.28. The van der Waals surface area contributed by atoms with Gasteiger partial charge in [0.1, 0.15) is 6.04 Å². The molecular weight excluding hydrogens is 651 g/mol. The maximum absolute atomic E-state index is 14.5. The minimum atomic E-state index is -4.46. The SMILES string of the molecule is O=C([C@H](Cc1ccccc1)N(Cc1ccc(-c2ccccn2)cc1)C(=O)/C=C/c1ccc(C(F)(F)F)cc1)N1CCN(Cc2ccncc2)CC1. The zero-order chi connectivity index (χ0) is 35.6. The molecule has 3 aromatic carbocycles. The number of halogens is 3. The van der Waals surface area contributed by atoms with Gasteiger partial charge in [-0.15, -0.1) is 0 Å². The fraction of sp³-hybridized carbons (Fsp3) is 0.220. The predicted molar refractivity (Wildman–Crippen MR) is 191 cm³/mol. The van der Waals surface area contributed by atoms with Crippen molar-refractivity contribution in [1.29, 1.82) is 0 Å². The first-order chi connectivity index (χ1) is 24.7. The highest BCUT2D eigenvalue weighted by Gasteiger charge is 2.34. The van der Waals surface area contributed by atoms with Gasteiger partial charge in [-0.25, -0.2) is 0 Å². The van der Waals surface area contributed by atoms with E-state index >= 15 is 0 Å². The summed E-state index contributed by atoms with van der Waals surface area (Å²) in [6.07, 6.45) is 3.93. The van der Waals surface area contributed by atoms with Gasteiger partial charge in [0.2, 0.25) is 11.8 Å². The summed E-state index contributed by atoms with van der Waals surface area (Å²) in [7, 11) is 0. The lowest BCUT2D eigenvalue weighted by molar-refractivity contribution is -0.145. The third-order valence-electron chi connectivity index (χ3n) is 8.98. The molecule has 1 aliphatic heterocycles. The molecule has 1 fully saturated rings. The molecule has 0 bridgehead atoms. The monoisotopic (exact) mass is 689 g/mol. The van der Waals surface area contributed by atoms with Gasteiger partial charge >= 0.3 is 6.18 Å². The van der Waals surface area contributed by atoms with Gasteiger partial charge in [-0.3, -0.25) is 24.5 Å². The highest BCUT2D eigenvalue weighted by Crippen LogP contribution is 2.29. The lowest BCUT2D eigenvalue weighted by Gasteiger charge is -2.39. The van der Waals surface area contributed by atoms with Crippen LogP contribution in [0, 0.1) is 0 Å². The van der Waals surface area contributed by atoms with Crippen molar-refractivity contribution in [2.45, 2.75) is 31.7 Å². The van der Waals surface area contributed by atoms with Crippen LogP contribution >= 0.6 is 0 Å². The van der Waals surface area contributed by atoms with Crippen molar-refractivity contribution in [1.82, 2.24) is 24.7 Å². The van der Waals surface area contributed by atoms with Crippen LogP contribution in [-0.4, -0.2) is 68.7 Å². The molecule has 1 aliphatic rings. The number of piperazine rings is 1. The topological polar surface area (TPSA) is 69.6 Å². The smallest absolute Gasteiger partial charge is 0.338 e. The van der Waals surface area contributed by atoms with Crippen LogP contribution in [-0.2, 0) is 35.3 Å². The van der Waals surface area contributed by atoms with E-state index < -0.39 is 23.7 Å². The molecular formula is C41H38F3N5O2. The molecule has 0 spiro atoms. The fourth-order valence-corrected chi connectivity index (χ4v) is 6.15. The Labute approximate surface area is 295 Å². The van der Waals surface area contributed by atoms with Gasteiger partial charge in [0, 0.05) is 75.9 Å². The van der Waals surface area contributed by atoms with Gasteiger partial charge in [0.25, 0.3) is 0 Å². The van der Waals surface area contributed by atoms with Crippen LogP contribution in [0.15, 0.2) is 134 Å². The van der Waals surface area contributed by atoms with Gasteiger partial charge in [0.15, 0.2) is 0 Å². The number of nitrogens with zero attached hydrogens (tertiary/aromatic N) is 5. The van der Waals surface area contributed by atoms with E-state index in [2.05, 4.69) is 14.9 Å². The Morgan fingerprint density at radius 2 is 1.43 bits per heavy atom. The third-order valence-corrected chi connectivity index (χ3v) is 8.98. The van der Waals surface area contributed by atoms with E-state index in [-0.39, 0.29) is 12.5 Å². The molecule has 2 aromatic heterocycles. The van der Waals surface area contributed by atoms with E-state index in [1.807, 2.05) is 89.8 Å². The molecule has 260 valence electrons. The molecule has 0 aliphatic carbocycles. The van der Waals surface area contributed by atoms with E-state index in [0.717, 1.165) is 46.6 Å². The molecule has 10 heteroatoms. The quantitative estimate of drug-likeness (QED) is 0.138. The van der Waals surface area contributed by atoms with Crippen LogP contribution in [0.2, 0.25) is 0 Å². The largest absolute Gasteiger partial charge is 0.416 e. The standard InChI is InChI=1S/C41H38F3N5O2/c42-41(43,44)36-16-11-31(12-17-36)13-18-39(50)49(30-33-9-14-35(15-10-33)37-8-4-5-21-46-37)38(28-32-6-2-1-3-7-32)40(51)48-26-24-47(25-27-48)29-34-19-22-45-23-20-34/h1-23,38H,24-30H2/b18-13+/t38-/m0/s1. The molecule has 0 saturated carbocycles. The molecule has 51 heavy (non-hydrogen) atoms. The molecule has 5 aromatic rings. The number of amides is 2. The minimum absolute atomic E-state index is 0.143. The van der Waals surface area contributed by atoms with Gasteiger partial charge in [-0.1, -0.05) is 72.8 Å². The normalized spacial score (nSPS) is 14.4. The molecule has 0 N–H and O–H groups in total. The number of pyridine rings is 2. The van der Waals surface area contributed by atoms with Crippen LogP contribution < -0.4 is 0 Å². The van der Waals surface area contributed by atoms with Crippen LogP contribution in [0.3, 0.4) is 0 Å². The molecule has 2 amide bonds. The number of alkyl halides is 3. The Bertz CT molecular complexity index is 1900. The molecule has 0 unspecified atom stereocenters. The molecule has 3 heterocycles. The number of hydrogen-bond acceptors (Lipinski definition) is 5. The number of hydrogen-bond donors (Lipinski definition) is 0. The lowest BCUT2D eigenvalue weighted by atomic mass is 10.0. The van der Waals surface area contributed by atoms with Crippen molar-refractivity contribution in [3.63, 3.8) is 0 Å².